The maximum atomic E-state index is 12.3. The van der Waals surface area contributed by atoms with Gasteiger partial charge in [-0.25, -0.2) is 0 Å². The van der Waals surface area contributed by atoms with Crippen molar-refractivity contribution in [2.45, 2.75) is 6.10 Å². The third-order valence-corrected chi connectivity index (χ3v) is 3.25. The van der Waals surface area contributed by atoms with E-state index in [1.165, 1.54) is 7.11 Å². The molecule has 6 heteroatoms. The number of nitrogens with one attached hydrogen (secondary N) is 1. The predicted octanol–water partition coefficient (Wildman–Crippen LogP) is 2.41. The number of furan rings is 1. The number of methoxy groups -OCH3 is 3. The van der Waals surface area contributed by atoms with Crippen molar-refractivity contribution >= 4 is 5.91 Å². The fraction of sp³-hybridized carbons (Fsp3) is 0.312. The van der Waals surface area contributed by atoms with Crippen molar-refractivity contribution in [1.82, 2.24) is 5.32 Å². The topological polar surface area (TPSA) is 69.9 Å². The molecule has 0 aliphatic carbocycles. The highest BCUT2D eigenvalue weighted by molar-refractivity contribution is 5.97. The van der Waals surface area contributed by atoms with E-state index in [0.29, 0.717) is 22.8 Å². The average molecular weight is 305 g/mol. The maximum absolute atomic E-state index is 12.3. The Morgan fingerprint density at radius 1 is 1.23 bits per heavy atom. The van der Waals surface area contributed by atoms with Crippen LogP contribution in [0.4, 0.5) is 0 Å². The summed E-state index contributed by atoms with van der Waals surface area (Å²) in [6.45, 7) is 0.290. The number of benzene rings is 1. The Kier molecular flexibility index (Phi) is 5.43. The molecule has 1 aromatic heterocycles. The summed E-state index contributed by atoms with van der Waals surface area (Å²) < 4.78 is 20.9. The number of amides is 1. The van der Waals surface area contributed by atoms with E-state index in [2.05, 4.69) is 5.32 Å². The maximum Gasteiger partial charge on any atom is 0.255 e. The molecule has 1 aromatic carbocycles. The molecule has 118 valence electrons. The lowest BCUT2D eigenvalue weighted by molar-refractivity contribution is 0.0737. The molecule has 1 unspecified atom stereocenters. The van der Waals surface area contributed by atoms with Crippen LogP contribution in [0.2, 0.25) is 0 Å². The molecule has 6 nitrogen and oxygen atoms in total. The van der Waals surface area contributed by atoms with Crippen molar-refractivity contribution in [3.05, 3.63) is 47.9 Å². The second-order valence-corrected chi connectivity index (χ2v) is 4.52. The van der Waals surface area contributed by atoms with Crippen molar-refractivity contribution in [3.63, 3.8) is 0 Å². The minimum atomic E-state index is -0.344. The number of ether oxygens (including phenoxy) is 3. The standard InChI is InChI=1S/C16H19NO5/c1-19-11-6-7-12(14(9-11)20-2)16(18)17-10-15(21-3)13-5-4-8-22-13/h4-9,15H,10H2,1-3H3,(H,17,18). The van der Waals surface area contributed by atoms with E-state index in [-0.39, 0.29) is 18.6 Å². The lowest BCUT2D eigenvalue weighted by atomic mass is 10.1. The SMILES string of the molecule is COc1ccc(C(=O)NCC(OC)c2ccco2)c(OC)c1. The molecule has 0 saturated heterocycles. The average Bonchev–Trinajstić information content (AvgIpc) is 3.09. The first-order chi connectivity index (χ1) is 10.7. The minimum absolute atomic E-state index is 0.256. The molecular weight excluding hydrogens is 286 g/mol. The molecule has 1 heterocycles. The van der Waals surface area contributed by atoms with Crippen LogP contribution in [0.3, 0.4) is 0 Å². The molecule has 0 aliphatic rings. The molecule has 1 atom stereocenters. The quantitative estimate of drug-likeness (QED) is 0.850. The molecule has 2 rings (SSSR count). The molecule has 1 amide bonds. The van der Waals surface area contributed by atoms with Crippen LogP contribution in [0.5, 0.6) is 11.5 Å². The number of carbonyl (C=O) groups excluding carboxylic acids is 1. The molecule has 0 aliphatic heterocycles. The summed E-state index contributed by atoms with van der Waals surface area (Å²) in [5.41, 5.74) is 0.428. The molecule has 0 bridgehead atoms. The zero-order chi connectivity index (χ0) is 15.9. The summed E-state index contributed by atoms with van der Waals surface area (Å²) in [5.74, 6) is 1.47. The summed E-state index contributed by atoms with van der Waals surface area (Å²) in [6, 6.07) is 8.60. The zero-order valence-electron chi connectivity index (χ0n) is 12.8. The van der Waals surface area contributed by atoms with Gasteiger partial charge in [0.2, 0.25) is 0 Å². The molecule has 0 saturated carbocycles. The molecule has 22 heavy (non-hydrogen) atoms. The van der Waals surface area contributed by atoms with E-state index in [1.54, 1.807) is 50.8 Å². The van der Waals surface area contributed by atoms with Crippen LogP contribution >= 0.6 is 0 Å². The van der Waals surface area contributed by atoms with Crippen molar-refractivity contribution in [2.75, 3.05) is 27.9 Å². The van der Waals surface area contributed by atoms with Gasteiger partial charge < -0.3 is 23.9 Å². The molecule has 2 aromatic rings. The first kappa shape index (κ1) is 15.9. The van der Waals surface area contributed by atoms with Crippen LogP contribution < -0.4 is 14.8 Å². The Labute approximate surface area is 129 Å². The van der Waals surface area contributed by atoms with Gasteiger partial charge in [0, 0.05) is 13.2 Å². The first-order valence-corrected chi connectivity index (χ1v) is 6.76. The number of hydrogen-bond donors (Lipinski definition) is 1. The predicted molar refractivity (Wildman–Crippen MR) is 80.3 cm³/mol. The minimum Gasteiger partial charge on any atom is -0.497 e. The fourth-order valence-electron chi connectivity index (χ4n) is 2.04. The van der Waals surface area contributed by atoms with E-state index in [9.17, 15) is 4.79 Å². The molecule has 0 fully saturated rings. The van der Waals surface area contributed by atoms with Gasteiger partial charge in [0.25, 0.3) is 5.91 Å². The Bertz CT molecular complexity index is 609. The molecule has 0 spiro atoms. The van der Waals surface area contributed by atoms with Crippen molar-refractivity contribution in [1.29, 1.82) is 0 Å². The highest BCUT2D eigenvalue weighted by atomic mass is 16.5. The second kappa shape index (κ2) is 7.51. The molecule has 1 N–H and O–H groups in total. The lowest BCUT2D eigenvalue weighted by Crippen LogP contribution is -2.29. The van der Waals surface area contributed by atoms with Gasteiger partial charge in [-0.2, -0.15) is 0 Å². The second-order valence-electron chi connectivity index (χ2n) is 4.52. The monoisotopic (exact) mass is 305 g/mol. The number of hydrogen-bond acceptors (Lipinski definition) is 5. The summed E-state index contributed by atoms with van der Waals surface area (Å²) >= 11 is 0. The zero-order valence-corrected chi connectivity index (χ0v) is 12.8. The Balaban J connectivity index is 2.06. The summed E-state index contributed by atoms with van der Waals surface area (Å²) in [6.07, 6.45) is 1.22. The Morgan fingerprint density at radius 3 is 2.64 bits per heavy atom. The van der Waals surface area contributed by atoms with Gasteiger partial charge in [-0.1, -0.05) is 0 Å². The normalized spacial score (nSPS) is 11.8. The number of rotatable bonds is 7. The third kappa shape index (κ3) is 3.59. The van der Waals surface area contributed by atoms with Gasteiger partial charge in [0.1, 0.15) is 23.4 Å². The van der Waals surface area contributed by atoms with Crippen LogP contribution in [0.25, 0.3) is 0 Å². The highest BCUT2D eigenvalue weighted by Crippen LogP contribution is 2.24. The lowest BCUT2D eigenvalue weighted by Gasteiger charge is -2.15. The molecular formula is C16H19NO5. The van der Waals surface area contributed by atoms with Gasteiger partial charge in [0.05, 0.1) is 32.6 Å². The van der Waals surface area contributed by atoms with E-state index in [0.717, 1.165) is 0 Å². The van der Waals surface area contributed by atoms with Gasteiger partial charge in [0.15, 0.2) is 0 Å². The van der Waals surface area contributed by atoms with Gasteiger partial charge in [-0.05, 0) is 24.3 Å². The van der Waals surface area contributed by atoms with Crippen molar-refractivity contribution < 1.29 is 23.4 Å². The first-order valence-electron chi connectivity index (χ1n) is 6.76. The van der Waals surface area contributed by atoms with E-state index >= 15 is 0 Å². The smallest absolute Gasteiger partial charge is 0.255 e. The third-order valence-electron chi connectivity index (χ3n) is 3.25. The Hall–Kier alpha value is -2.47. The van der Waals surface area contributed by atoms with E-state index in [4.69, 9.17) is 18.6 Å². The van der Waals surface area contributed by atoms with Crippen LogP contribution in [-0.4, -0.2) is 33.8 Å². The Morgan fingerprint density at radius 2 is 2.05 bits per heavy atom. The fourth-order valence-corrected chi connectivity index (χ4v) is 2.04. The van der Waals surface area contributed by atoms with Crippen LogP contribution in [-0.2, 0) is 4.74 Å². The van der Waals surface area contributed by atoms with Crippen molar-refractivity contribution in [3.8, 4) is 11.5 Å². The van der Waals surface area contributed by atoms with E-state index in [1.807, 2.05) is 0 Å². The summed E-state index contributed by atoms with van der Waals surface area (Å²) in [5, 5.41) is 2.81. The largest absolute Gasteiger partial charge is 0.497 e. The van der Waals surface area contributed by atoms with Crippen LogP contribution in [0.15, 0.2) is 41.0 Å². The van der Waals surface area contributed by atoms with E-state index < -0.39 is 0 Å². The summed E-state index contributed by atoms with van der Waals surface area (Å²) in [7, 11) is 4.63. The van der Waals surface area contributed by atoms with Gasteiger partial charge in [-0.15, -0.1) is 0 Å². The van der Waals surface area contributed by atoms with Gasteiger partial charge in [-0.3, -0.25) is 4.79 Å². The summed E-state index contributed by atoms with van der Waals surface area (Å²) in [4.78, 5) is 12.3. The van der Waals surface area contributed by atoms with Crippen molar-refractivity contribution in [2.24, 2.45) is 0 Å². The van der Waals surface area contributed by atoms with Gasteiger partial charge >= 0.3 is 0 Å². The molecule has 0 radical (unpaired) electrons. The van der Waals surface area contributed by atoms with Crippen LogP contribution in [0.1, 0.15) is 22.2 Å². The van der Waals surface area contributed by atoms with Crippen LogP contribution in [0, 0.1) is 0 Å². The highest BCUT2D eigenvalue weighted by Gasteiger charge is 2.17. The number of carbonyl (C=O) groups is 1.